The molecule has 0 saturated carbocycles. The molecule has 0 radical (unpaired) electrons. The molecule has 0 spiro atoms. The average Bonchev–Trinajstić information content (AvgIpc) is 2.29. The van der Waals surface area contributed by atoms with Crippen LogP contribution in [0.25, 0.3) is 0 Å². The molecule has 90 valence electrons. The Labute approximate surface area is 108 Å². The predicted molar refractivity (Wildman–Crippen MR) is 67.3 cm³/mol. The third-order valence-corrected chi connectivity index (χ3v) is 2.54. The molecule has 1 atom stereocenters. The number of ether oxygens (including phenoxy) is 1. The van der Waals surface area contributed by atoms with E-state index in [-0.39, 0.29) is 12.5 Å². The molecule has 5 nitrogen and oxygen atoms in total. The molecule has 0 aliphatic heterocycles. The zero-order valence-corrected chi connectivity index (χ0v) is 10.8. The van der Waals surface area contributed by atoms with Crippen molar-refractivity contribution in [3.05, 3.63) is 28.2 Å². The van der Waals surface area contributed by atoms with E-state index in [1.807, 2.05) is 6.07 Å². The Morgan fingerprint density at radius 3 is 3.00 bits per heavy atom. The highest BCUT2D eigenvalue weighted by molar-refractivity contribution is 9.10. The summed E-state index contributed by atoms with van der Waals surface area (Å²) in [6.07, 6.45) is 0. The fourth-order valence-corrected chi connectivity index (χ4v) is 1.56. The minimum atomic E-state index is -0.759. The highest BCUT2D eigenvalue weighted by Crippen LogP contribution is 2.20. The molecule has 3 N–H and O–H groups in total. The first-order valence-electron chi connectivity index (χ1n) is 4.83. The zero-order chi connectivity index (χ0) is 12.8. The van der Waals surface area contributed by atoms with Gasteiger partial charge in [0.25, 0.3) is 0 Å². The number of hydrogen-bond acceptors (Lipinski definition) is 4. The van der Waals surface area contributed by atoms with Crippen LogP contribution in [0.2, 0.25) is 0 Å². The number of nitrogens with zero attached hydrogens (tertiary/aromatic N) is 1. The van der Waals surface area contributed by atoms with E-state index >= 15 is 0 Å². The van der Waals surface area contributed by atoms with Crippen molar-refractivity contribution in [3.8, 4) is 6.07 Å². The molecular weight excluding hydrogens is 286 g/mol. The van der Waals surface area contributed by atoms with E-state index in [1.165, 1.54) is 7.11 Å². The van der Waals surface area contributed by atoms with E-state index in [2.05, 4.69) is 21.2 Å². The fourth-order valence-electron chi connectivity index (χ4n) is 1.20. The summed E-state index contributed by atoms with van der Waals surface area (Å²) in [7, 11) is 1.47. The maximum absolute atomic E-state index is 11.6. The van der Waals surface area contributed by atoms with Gasteiger partial charge in [0, 0.05) is 11.6 Å². The van der Waals surface area contributed by atoms with Crippen molar-refractivity contribution in [2.75, 3.05) is 19.0 Å². The number of benzene rings is 1. The number of methoxy groups -OCH3 is 1. The van der Waals surface area contributed by atoms with Crippen LogP contribution in [0.5, 0.6) is 0 Å². The summed E-state index contributed by atoms with van der Waals surface area (Å²) in [6.45, 7) is 0.127. The molecule has 0 bridgehead atoms. The lowest BCUT2D eigenvalue weighted by atomic mass is 10.2. The van der Waals surface area contributed by atoms with Crippen LogP contribution >= 0.6 is 15.9 Å². The average molecular weight is 298 g/mol. The summed E-state index contributed by atoms with van der Waals surface area (Å²) in [5, 5.41) is 11.5. The summed E-state index contributed by atoms with van der Waals surface area (Å²) in [6, 6.07) is 6.22. The molecule has 1 rings (SSSR count). The molecule has 0 fully saturated rings. The van der Waals surface area contributed by atoms with Crippen molar-refractivity contribution in [3.63, 3.8) is 0 Å². The topological polar surface area (TPSA) is 88.1 Å². The second kappa shape index (κ2) is 6.35. The summed E-state index contributed by atoms with van der Waals surface area (Å²) in [5.41, 5.74) is 6.38. The summed E-state index contributed by atoms with van der Waals surface area (Å²) < 4.78 is 5.55. The number of carbonyl (C=O) groups is 1. The van der Waals surface area contributed by atoms with Crippen LogP contribution in [0.3, 0.4) is 0 Å². The third kappa shape index (κ3) is 3.82. The lowest BCUT2D eigenvalue weighted by molar-refractivity contribution is -0.118. The van der Waals surface area contributed by atoms with Crippen LogP contribution in [0.4, 0.5) is 5.69 Å². The molecule has 1 unspecified atom stereocenters. The summed E-state index contributed by atoms with van der Waals surface area (Å²) >= 11 is 3.27. The molecule has 0 heterocycles. The molecule has 1 amide bonds. The number of nitrogens with one attached hydrogen (secondary N) is 1. The lowest BCUT2D eigenvalue weighted by Crippen LogP contribution is -2.39. The number of rotatable bonds is 4. The number of carbonyl (C=O) groups excluding carboxylic acids is 1. The van der Waals surface area contributed by atoms with Gasteiger partial charge in [0.1, 0.15) is 12.1 Å². The zero-order valence-electron chi connectivity index (χ0n) is 9.24. The summed E-state index contributed by atoms with van der Waals surface area (Å²) in [5.74, 6) is -0.388. The van der Waals surface area contributed by atoms with Gasteiger partial charge in [-0.1, -0.05) is 15.9 Å². The Kier molecular flexibility index (Phi) is 5.10. The van der Waals surface area contributed by atoms with Crippen LogP contribution in [-0.2, 0) is 9.53 Å². The van der Waals surface area contributed by atoms with Gasteiger partial charge in [0.15, 0.2) is 0 Å². The largest absolute Gasteiger partial charge is 0.383 e. The van der Waals surface area contributed by atoms with Crippen molar-refractivity contribution in [1.82, 2.24) is 0 Å². The van der Waals surface area contributed by atoms with E-state index in [9.17, 15) is 4.79 Å². The Hall–Kier alpha value is -1.42. The van der Waals surface area contributed by atoms with Gasteiger partial charge in [0.05, 0.1) is 17.9 Å². The van der Waals surface area contributed by atoms with Crippen LogP contribution in [-0.4, -0.2) is 25.7 Å². The van der Waals surface area contributed by atoms with E-state index in [0.29, 0.717) is 11.3 Å². The number of amides is 1. The maximum Gasteiger partial charge on any atom is 0.243 e. The first-order valence-corrected chi connectivity index (χ1v) is 5.62. The number of nitriles is 1. The van der Waals surface area contributed by atoms with Gasteiger partial charge in [0.2, 0.25) is 5.91 Å². The van der Waals surface area contributed by atoms with Crippen molar-refractivity contribution in [2.45, 2.75) is 6.04 Å². The van der Waals surface area contributed by atoms with Gasteiger partial charge in [-0.3, -0.25) is 4.79 Å². The van der Waals surface area contributed by atoms with Gasteiger partial charge < -0.3 is 15.8 Å². The van der Waals surface area contributed by atoms with Crippen LogP contribution in [0.15, 0.2) is 22.7 Å². The van der Waals surface area contributed by atoms with Gasteiger partial charge in [-0.15, -0.1) is 0 Å². The number of nitrogens with two attached hydrogens (primary N) is 1. The van der Waals surface area contributed by atoms with Crippen molar-refractivity contribution < 1.29 is 9.53 Å². The Morgan fingerprint density at radius 2 is 2.41 bits per heavy atom. The standard InChI is InChI=1S/C11H12BrN3O2/c1-17-6-9(14)11(16)15-10-4-8(12)3-2-7(10)5-13/h2-4,9H,6,14H2,1H3,(H,15,16). The first-order chi connectivity index (χ1) is 8.08. The Balaban J connectivity index is 2.84. The smallest absolute Gasteiger partial charge is 0.243 e. The molecule has 17 heavy (non-hydrogen) atoms. The lowest BCUT2D eigenvalue weighted by Gasteiger charge is -2.12. The van der Waals surface area contributed by atoms with Crippen molar-refractivity contribution >= 4 is 27.5 Å². The van der Waals surface area contributed by atoms with Crippen LogP contribution in [0.1, 0.15) is 5.56 Å². The van der Waals surface area contributed by atoms with E-state index in [1.54, 1.807) is 18.2 Å². The van der Waals surface area contributed by atoms with Gasteiger partial charge >= 0.3 is 0 Å². The van der Waals surface area contributed by atoms with Gasteiger partial charge in [-0.25, -0.2) is 0 Å². The van der Waals surface area contributed by atoms with Gasteiger partial charge in [-0.2, -0.15) is 5.26 Å². The molecule has 0 saturated heterocycles. The Morgan fingerprint density at radius 1 is 1.71 bits per heavy atom. The second-order valence-corrected chi connectivity index (χ2v) is 4.27. The SMILES string of the molecule is COCC(N)C(=O)Nc1cc(Br)ccc1C#N. The fraction of sp³-hybridized carbons (Fsp3) is 0.273. The number of halogens is 1. The van der Waals surface area contributed by atoms with Crippen LogP contribution in [0, 0.1) is 11.3 Å². The normalized spacial score (nSPS) is 11.6. The Bertz CT molecular complexity index is 457. The molecule has 1 aromatic rings. The minimum Gasteiger partial charge on any atom is -0.383 e. The predicted octanol–water partition coefficient (Wildman–Crippen LogP) is 1.23. The highest BCUT2D eigenvalue weighted by atomic mass is 79.9. The van der Waals surface area contributed by atoms with Crippen molar-refractivity contribution in [2.24, 2.45) is 5.73 Å². The maximum atomic E-state index is 11.6. The molecule has 0 aromatic heterocycles. The van der Waals surface area contributed by atoms with Gasteiger partial charge in [-0.05, 0) is 18.2 Å². The molecule has 6 heteroatoms. The molecule has 0 aliphatic rings. The third-order valence-electron chi connectivity index (χ3n) is 2.04. The van der Waals surface area contributed by atoms with E-state index in [0.717, 1.165) is 4.47 Å². The minimum absolute atomic E-state index is 0.127. The molecule has 0 aliphatic carbocycles. The quantitative estimate of drug-likeness (QED) is 0.875. The number of hydrogen-bond donors (Lipinski definition) is 2. The van der Waals surface area contributed by atoms with Crippen molar-refractivity contribution in [1.29, 1.82) is 5.26 Å². The van der Waals surface area contributed by atoms with E-state index in [4.69, 9.17) is 15.7 Å². The van der Waals surface area contributed by atoms with E-state index < -0.39 is 6.04 Å². The summed E-state index contributed by atoms with van der Waals surface area (Å²) in [4.78, 5) is 11.6. The second-order valence-electron chi connectivity index (χ2n) is 3.35. The first kappa shape index (κ1) is 13.6. The number of anilines is 1. The highest BCUT2D eigenvalue weighted by Gasteiger charge is 2.14. The molecule has 1 aromatic carbocycles. The monoisotopic (exact) mass is 297 g/mol. The van der Waals surface area contributed by atoms with Crippen LogP contribution < -0.4 is 11.1 Å². The molecular formula is C11H12BrN3O2.